The fourth-order valence-corrected chi connectivity index (χ4v) is 8.40. The lowest BCUT2D eigenvalue weighted by molar-refractivity contribution is -0.137. The Bertz CT molecular complexity index is 984. The van der Waals surface area contributed by atoms with E-state index in [-0.39, 0.29) is 29.9 Å². The molecule has 8 heteroatoms. The van der Waals surface area contributed by atoms with Crippen LogP contribution in [0.2, 0.25) is 0 Å². The lowest BCUT2D eigenvalue weighted by Gasteiger charge is -2.57. The standard InChI is InChI=1S/C28H39N5O3/c1-2-29-24(34)18-32-19-33(23-6-4-3-5-7-23)28(25(32)35)8-10-31(11-9-28)26(36)30-27-15-20-12-21(16-27)14-22(13-20)17-27/h3-7,20-22H,2,8-19H2,1H3,(H,29,34)(H,30,36). The molecule has 0 atom stereocenters. The van der Waals surface area contributed by atoms with E-state index in [1.54, 1.807) is 4.90 Å². The Balaban J connectivity index is 1.16. The molecule has 7 rings (SSSR count). The third-order valence-corrected chi connectivity index (χ3v) is 9.58. The first-order valence-electron chi connectivity index (χ1n) is 13.9. The van der Waals surface area contributed by atoms with E-state index in [9.17, 15) is 14.4 Å². The first-order chi connectivity index (χ1) is 17.4. The summed E-state index contributed by atoms with van der Waals surface area (Å²) in [5.41, 5.74) is 0.255. The van der Waals surface area contributed by atoms with Crippen LogP contribution in [0.3, 0.4) is 0 Å². The normalized spacial score (nSPS) is 32.3. The maximum absolute atomic E-state index is 13.8. The monoisotopic (exact) mass is 493 g/mol. The van der Waals surface area contributed by atoms with Crippen molar-refractivity contribution in [2.45, 2.75) is 69.4 Å². The van der Waals surface area contributed by atoms with E-state index in [0.717, 1.165) is 42.7 Å². The summed E-state index contributed by atoms with van der Waals surface area (Å²) in [7, 11) is 0. The zero-order chi connectivity index (χ0) is 24.9. The van der Waals surface area contributed by atoms with Crippen LogP contribution >= 0.6 is 0 Å². The summed E-state index contributed by atoms with van der Waals surface area (Å²) in [6.07, 6.45) is 8.61. The van der Waals surface area contributed by atoms with Gasteiger partial charge in [-0.25, -0.2) is 4.79 Å². The maximum atomic E-state index is 13.8. The molecule has 4 amide bonds. The molecular weight excluding hydrogens is 454 g/mol. The summed E-state index contributed by atoms with van der Waals surface area (Å²) in [5, 5.41) is 6.31. The van der Waals surface area contributed by atoms with Gasteiger partial charge < -0.3 is 25.3 Å². The maximum Gasteiger partial charge on any atom is 0.317 e. The van der Waals surface area contributed by atoms with Crippen molar-refractivity contribution >= 4 is 23.5 Å². The summed E-state index contributed by atoms with van der Waals surface area (Å²) < 4.78 is 0. The molecule has 2 heterocycles. The predicted octanol–water partition coefficient (Wildman–Crippen LogP) is 2.94. The van der Waals surface area contributed by atoms with E-state index in [1.165, 1.54) is 19.3 Å². The van der Waals surface area contributed by atoms with E-state index < -0.39 is 5.54 Å². The molecule has 1 aromatic carbocycles. The smallest absolute Gasteiger partial charge is 0.317 e. The average molecular weight is 494 g/mol. The number of piperidine rings is 1. The molecule has 2 N–H and O–H groups in total. The van der Waals surface area contributed by atoms with Gasteiger partial charge in [0.25, 0.3) is 5.91 Å². The lowest BCUT2D eigenvalue weighted by atomic mass is 9.53. The highest BCUT2D eigenvalue weighted by molar-refractivity contribution is 5.96. The Morgan fingerprint density at radius 3 is 2.17 bits per heavy atom. The van der Waals surface area contributed by atoms with Gasteiger partial charge >= 0.3 is 6.03 Å². The van der Waals surface area contributed by atoms with Gasteiger partial charge in [0.15, 0.2) is 0 Å². The van der Waals surface area contributed by atoms with Crippen molar-refractivity contribution in [3.63, 3.8) is 0 Å². The molecule has 0 radical (unpaired) electrons. The quantitative estimate of drug-likeness (QED) is 0.661. The van der Waals surface area contributed by atoms with Crippen LogP contribution in [-0.4, -0.2) is 71.6 Å². The first-order valence-corrected chi connectivity index (χ1v) is 13.9. The minimum absolute atomic E-state index is 0.00116. The van der Waals surface area contributed by atoms with E-state index in [1.807, 2.05) is 42.2 Å². The largest absolute Gasteiger partial charge is 0.355 e. The van der Waals surface area contributed by atoms with Gasteiger partial charge in [-0.1, -0.05) is 18.2 Å². The number of carbonyl (C=O) groups is 3. The van der Waals surface area contributed by atoms with Crippen molar-refractivity contribution in [2.24, 2.45) is 17.8 Å². The molecule has 0 unspecified atom stereocenters. The molecule has 2 saturated heterocycles. The zero-order valence-corrected chi connectivity index (χ0v) is 21.4. The molecule has 8 nitrogen and oxygen atoms in total. The van der Waals surface area contributed by atoms with E-state index in [2.05, 4.69) is 15.5 Å². The van der Waals surface area contributed by atoms with Gasteiger partial charge in [-0.05, 0) is 88.2 Å². The van der Waals surface area contributed by atoms with Crippen LogP contribution in [0.5, 0.6) is 0 Å². The van der Waals surface area contributed by atoms with Gasteiger partial charge in [0.05, 0.1) is 6.67 Å². The summed E-state index contributed by atoms with van der Waals surface area (Å²) >= 11 is 0. The lowest BCUT2D eigenvalue weighted by Crippen LogP contribution is -2.64. The van der Waals surface area contributed by atoms with Crippen molar-refractivity contribution in [2.75, 3.05) is 37.7 Å². The number of likely N-dealkylation sites (tertiary alicyclic amines) is 1. The molecule has 6 fully saturated rings. The summed E-state index contributed by atoms with van der Waals surface area (Å²) in [4.78, 5) is 45.3. The second-order valence-corrected chi connectivity index (χ2v) is 12.0. The number of benzene rings is 1. The minimum atomic E-state index is -0.717. The van der Waals surface area contributed by atoms with Crippen molar-refractivity contribution < 1.29 is 14.4 Å². The molecule has 1 spiro atoms. The van der Waals surface area contributed by atoms with E-state index in [4.69, 9.17) is 0 Å². The Labute approximate surface area is 213 Å². The van der Waals surface area contributed by atoms with Crippen LogP contribution in [-0.2, 0) is 9.59 Å². The number of hydrogen-bond donors (Lipinski definition) is 2. The van der Waals surface area contributed by atoms with Crippen LogP contribution in [0.25, 0.3) is 0 Å². The topological polar surface area (TPSA) is 85.0 Å². The van der Waals surface area contributed by atoms with Crippen molar-refractivity contribution in [3.8, 4) is 0 Å². The van der Waals surface area contributed by atoms with Gasteiger partial charge in [-0.3, -0.25) is 9.59 Å². The Morgan fingerprint density at radius 1 is 0.972 bits per heavy atom. The highest BCUT2D eigenvalue weighted by Gasteiger charge is 2.55. The van der Waals surface area contributed by atoms with E-state index in [0.29, 0.717) is 39.1 Å². The SMILES string of the molecule is CCNC(=O)CN1CN(c2ccccc2)C2(CCN(C(=O)NC34CC5CC(CC(C5)C3)C4)CC2)C1=O. The van der Waals surface area contributed by atoms with Gasteiger partial charge in [-0.2, -0.15) is 0 Å². The summed E-state index contributed by atoms with van der Waals surface area (Å²) in [5.74, 6) is 2.22. The average Bonchev–Trinajstić information content (AvgIpc) is 3.10. The molecule has 1 aromatic rings. The molecule has 6 aliphatic rings. The molecular formula is C28H39N5O3. The summed E-state index contributed by atoms with van der Waals surface area (Å²) in [6.45, 7) is 3.96. The second kappa shape index (κ2) is 8.96. The molecule has 194 valence electrons. The Hall–Kier alpha value is -2.77. The number of nitrogens with one attached hydrogen (secondary N) is 2. The molecule has 4 aliphatic carbocycles. The number of urea groups is 1. The molecule has 36 heavy (non-hydrogen) atoms. The highest BCUT2D eigenvalue weighted by Crippen LogP contribution is 2.55. The second-order valence-electron chi connectivity index (χ2n) is 12.0. The number of para-hydroxylation sites is 1. The van der Waals surface area contributed by atoms with Crippen LogP contribution in [0, 0.1) is 17.8 Å². The van der Waals surface area contributed by atoms with Crippen molar-refractivity contribution in [1.29, 1.82) is 0 Å². The third kappa shape index (κ3) is 4.02. The molecule has 2 aliphatic heterocycles. The number of rotatable bonds is 5. The van der Waals surface area contributed by atoms with Gasteiger partial charge in [-0.15, -0.1) is 0 Å². The molecule has 4 bridgehead atoms. The van der Waals surface area contributed by atoms with Gasteiger partial charge in [0.2, 0.25) is 5.91 Å². The molecule has 0 aromatic heterocycles. The Morgan fingerprint density at radius 2 is 1.58 bits per heavy atom. The predicted molar refractivity (Wildman–Crippen MR) is 137 cm³/mol. The number of amides is 4. The number of carbonyl (C=O) groups excluding carboxylic acids is 3. The number of hydrogen-bond acceptors (Lipinski definition) is 4. The third-order valence-electron chi connectivity index (χ3n) is 9.58. The zero-order valence-electron chi connectivity index (χ0n) is 21.4. The van der Waals surface area contributed by atoms with Crippen LogP contribution in [0.15, 0.2) is 30.3 Å². The van der Waals surface area contributed by atoms with Crippen LogP contribution in [0.4, 0.5) is 10.5 Å². The van der Waals surface area contributed by atoms with Crippen LogP contribution in [0.1, 0.15) is 58.3 Å². The fourth-order valence-electron chi connectivity index (χ4n) is 8.40. The summed E-state index contributed by atoms with van der Waals surface area (Å²) in [6, 6.07) is 10.0. The van der Waals surface area contributed by atoms with Crippen LogP contribution < -0.4 is 15.5 Å². The van der Waals surface area contributed by atoms with E-state index >= 15 is 0 Å². The van der Waals surface area contributed by atoms with Crippen molar-refractivity contribution in [3.05, 3.63) is 30.3 Å². The molecule has 4 saturated carbocycles. The van der Waals surface area contributed by atoms with Gasteiger partial charge in [0.1, 0.15) is 12.1 Å². The Kier molecular flexibility index (Phi) is 5.88. The van der Waals surface area contributed by atoms with Gasteiger partial charge in [0, 0.05) is 30.9 Å². The fraction of sp³-hybridized carbons (Fsp3) is 0.679. The number of likely N-dealkylation sites (N-methyl/N-ethyl adjacent to an activating group) is 1. The first kappa shape index (κ1) is 23.6. The minimum Gasteiger partial charge on any atom is -0.355 e. The highest BCUT2D eigenvalue weighted by atomic mass is 16.2. The number of nitrogens with zero attached hydrogens (tertiary/aromatic N) is 3. The number of anilines is 1. The van der Waals surface area contributed by atoms with Crippen molar-refractivity contribution in [1.82, 2.24) is 20.4 Å².